The van der Waals surface area contributed by atoms with Crippen molar-refractivity contribution in [2.75, 3.05) is 13.1 Å². The van der Waals surface area contributed by atoms with Crippen molar-refractivity contribution >= 4 is 6.34 Å². The molecule has 0 fully saturated rings. The summed E-state index contributed by atoms with van der Waals surface area (Å²) in [7, 11) is 0. The minimum absolute atomic E-state index is 0.688. The fourth-order valence-corrected chi connectivity index (χ4v) is 2.16. The molecule has 0 radical (unpaired) electrons. The van der Waals surface area contributed by atoms with E-state index in [1.807, 2.05) is 0 Å². The van der Waals surface area contributed by atoms with E-state index >= 15 is 0 Å². The van der Waals surface area contributed by atoms with Gasteiger partial charge in [0.15, 0.2) is 0 Å². The second-order valence-corrected chi connectivity index (χ2v) is 4.78. The Morgan fingerprint density at radius 3 is 2.40 bits per heavy atom. The lowest BCUT2D eigenvalue weighted by molar-refractivity contribution is -0.552. The summed E-state index contributed by atoms with van der Waals surface area (Å²) in [4.78, 5) is 2.52. The molecular weight excluding hydrogens is 184 g/mol. The van der Waals surface area contributed by atoms with E-state index in [4.69, 9.17) is 0 Å². The lowest BCUT2D eigenvalue weighted by Crippen LogP contribution is -2.34. The monoisotopic (exact) mass is 211 g/mol. The van der Waals surface area contributed by atoms with Crippen LogP contribution < -0.4 is 0 Å². The molecule has 2 unspecified atom stereocenters. The van der Waals surface area contributed by atoms with Crippen molar-refractivity contribution in [2.45, 2.75) is 65.5 Å². The average Bonchev–Trinajstić information content (AvgIpc) is 2.51. The molecule has 0 bridgehead atoms. The van der Waals surface area contributed by atoms with Gasteiger partial charge in [-0.15, -0.1) is 0 Å². The van der Waals surface area contributed by atoms with E-state index in [2.05, 4.69) is 43.5 Å². The van der Waals surface area contributed by atoms with Crippen molar-refractivity contribution in [3.05, 3.63) is 0 Å². The minimum atomic E-state index is 0.688. The Hall–Kier alpha value is -0.530. The standard InChI is InChI=1S/C13H27N2/c1-5-7-9-14-11-15(10-8-6-2)13(4)12(14)3/h11-13H,5-10H2,1-4H3/q+1. The Morgan fingerprint density at radius 2 is 1.80 bits per heavy atom. The first-order chi connectivity index (χ1) is 7.20. The van der Waals surface area contributed by atoms with E-state index in [1.165, 1.54) is 38.8 Å². The SMILES string of the molecule is CCCCN1C=[N+](CCCC)C(C)C1C. The Labute approximate surface area is 95.0 Å². The summed E-state index contributed by atoms with van der Waals surface area (Å²) in [6.07, 6.45) is 7.58. The van der Waals surface area contributed by atoms with Gasteiger partial charge in [0.2, 0.25) is 6.34 Å². The van der Waals surface area contributed by atoms with Crippen molar-refractivity contribution in [3.8, 4) is 0 Å². The van der Waals surface area contributed by atoms with Gasteiger partial charge in [0, 0.05) is 0 Å². The third-order valence-corrected chi connectivity index (χ3v) is 3.58. The predicted octanol–water partition coefficient (Wildman–Crippen LogP) is 2.72. The van der Waals surface area contributed by atoms with E-state index in [9.17, 15) is 0 Å². The van der Waals surface area contributed by atoms with E-state index in [1.54, 1.807) is 0 Å². The Morgan fingerprint density at radius 1 is 1.13 bits per heavy atom. The van der Waals surface area contributed by atoms with E-state index < -0.39 is 0 Å². The number of nitrogens with zero attached hydrogens (tertiary/aromatic N) is 2. The number of unbranched alkanes of at least 4 members (excludes halogenated alkanes) is 2. The largest absolute Gasteiger partial charge is 0.262 e. The summed E-state index contributed by atoms with van der Waals surface area (Å²) >= 11 is 0. The van der Waals surface area contributed by atoms with Crippen LogP contribution in [0, 0.1) is 0 Å². The first kappa shape index (κ1) is 12.5. The zero-order valence-electron chi connectivity index (χ0n) is 10.9. The van der Waals surface area contributed by atoms with Gasteiger partial charge in [0.1, 0.15) is 12.1 Å². The molecule has 0 saturated carbocycles. The lowest BCUT2D eigenvalue weighted by atomic mass is 10.1. The zero-order valence-corrected chi connectivity index (χ0v) is 10.9. The molecule has 2 atom stereocenters. The Kier molecular flexibility index (Phi) is 5.13. The van der Waals surface area contributed by atoms with Crippen molar-refractivity contribution in [2.24, 2.45) is 0 Å². The minimum Gasteiger partial charge on any atom is -0.262 e. The molecule has 0 aromatic heterocycles. The summed E-state index contributed by atoms with van der Waals surface area (Å²) in [6, 6.07) is 1.38. The van der Waals surface area contributed by atoms with Crippen LogP contribution in [0.25, 0.3) is 0 Å². The van der Waals surface area contributed by atoms with E-state index in [-0.39, 0.29) is 0 Å². The van der Waals surface area contributed by atoms with Crippen LogP contribution in [0.2, 0.25) is 0 Å². The van der Waals surface area contributed by atoms with Crippen LogP contribution in [0.3, 0.4) is 0 Å². The molecule has 2 nitrogen and oxygen atoms in total. The second kappa shape index (κ2) is 6.14. The molecule has 0 aromatic carbocycles. The van der Waals surface area contributed by atoms with E-state index in [0.717, 1.165) is 0 Å². The highest BCUT2D eigenvalue weighted by molar-refractivity contribution is 5.51. The molecule has 2 heteroatoms. The molecule has 0 amide bonds. The van der Waals surface area contributed by atoms with E-state index in [0.29, 0.717) is 12.1 Å². The molecule has 15 heavy (non-hydrogen) atoms. The number of rotatable bonds is 6. The first-order valence-corrected chi connectivity index (χ1v) is 6.57. The van der Waals surface area contributed by atoms with Crippen LogP contribution in [0.1, 0.15) is 53.4 Å². The molecule has 0 saturated heterocycles. The maximum atomic E-state index is 2.52. The summed E-state index contributed by atoms with van der Waals surface area (Å²) in [5.74, 6) is 0. The van der Waals surface area contributed by atoms with Crippen molar-refractivity contribution in [3.63, 3.8) is 0 Å². The summed E-state index contributed by atoms with van der Waals surface area (Å²) in [5, 5.41) is 0. The van der Waals surface area contributed by atoms with Crippen LogP contribution in [-0.2, 0) is 0 Å². The molecule has 0 aromatic rings. The highest BCUT2D eigenvalue weighted by atomic mass is 15.3. The van der Waals surface area contributed by atoms with Crippen molar-refractivity contribution in [1.29, 1.82) is 0 Å². The highest BCUT2D eigenvalue weighted by Gasteiger charge is 2.34. The van der Waals surface area contributed by atoms with Crippen molar-refractivity contribution in [1.82, 2.24) is 4.90 Å². The zero-order chi connectivity index (χ0) is 11.3. The molecule has 1 heterocycles. The van der Waals surface area contributed by atoms with Crippen LogP contribution in [-0.4, -0.2) is 41.0 Å². The first-order valence-electron chi connectivity index (χ1n) is 6.57. The molecule has 1 aliphatic heterocycles. The second-order valence-electron chi connectivity index (χ2n) is 4.78. The molecule has 88 valence electrons. The molecule has 0 spiro atoms. The number of hydrogen-bond acceptors (Lipinski definition) is 1. The average molecular weight is 211 g/mol. The normalized spacial score (nSPS) is 25.9. The van der Waals surface area contributed by atoms with Crippen LogP contribution in [0.15, 0.2) is 0 Å². The summed E-state index contributed by atoms with van der Waals surface area (Å²) < 4.78 is 2.52. The maximum Gasteiger partial charge on any atom is 0.234 e. The summed E-state index contributed by atoms with van der Waals surface area (Å²) in [5.41, 5.74) is 0. The quantitative estimate of drug-likeness (QED) is 0.612. The third-order valence-electron chi connectivity index (χ3n) is 3.58. The maximum absolute atomic E-state index is 2.52. The topological polar surface area (TPSA) is 6.25 Å². The van der Waals surface area contributed by atoms with Gasteiger partial charge in [0.25, 0.3) is 0 Å². The molecule has 0 aliphatic carbocycles. The fraction of sp³-hybridized carbons (Fsp3) is 0.923. The van der Waals surface area contributed by atoms with Gasteiger partial charge in [0.05, 0.1) is 13.1 Å². The van der Waals surface area contributed by atoms with Gasteiger partial charge in [-0.25, -0.2) is 0 Å². The lowest BCUT2D eigenvalue weighted by Gasteiger charge is -2.16. The van der Waals surface area contributed by atoms with Gasteiger partial charge in [-0.1, -0.05) is 26.7 Å². The predicted molar refractivity (Wildman–Crippen MR) is 66.6 cm³/mol. The van der Waals surface area contributed by atoms with Gasteiger partial charge in [-0.05, 0) is 26.7 Å². The van der Waals surface area contributed by atoms with Gasteiger partial charge >= 0.3 is 0 Å². The van der Waals surface area contributed by atoms with Gasteiger partial charge < -0.3 is 0 Å². The van der Waals surface area contributed by atoms with Crippen LogP contribution >= 0.6 is 0 Å². The molecule has 1 aliphatic rings. The van der Waals surface area contributed by atoms with Crippen LogP contribution in [0.4, 0.5) is 0 Å². The molecule has 0 N–H and O–H groups in total. The van der Waals surface area contributed by atoms with Gasteiger partial charge in [-0.3, -0.25) is 9.48 Å². The Bertz CT molecular complexity index is 211. The molecular formula is C13H27N2+. The highest BCUT2D eigenvalue weighted by Crippen LogP contribution is 2.14. The third kappa shape index (κ3) is 3.22. The Balaban J connectivity index is 2.48. The van der Waals surface area contributed by atoms with Crippen molar-refractivity contribution < 1.29 is 4.58 Å². The van der Waals surface area contributed by atoms with Gasteiger partial charge in [-0.2, -0.15) is 0 Å². The summed E-state index contributed by atoms with van der Waals surface area (Å²) in [6.45, 7) is 11.7. The number of hydrogen-bond donors (Lipinski definition) is 0. The smallest absolute Gasteiger partial charge is 0.234 e. The molecule has 1 rings (SSSR count). The fourth-order valence-electron chi connectivity index (χ4n) is 2.16. The van der Waals surface area contributed by atoms with Crippen LogP contribution in [0.5, 0.6) is 0 Å².